The first-order valence-corrected chi connectivity index (χ1v) is 9.31. The minimum atomic E-state index is -3.60. The van der Waals surface area contributed by atoms with Gasteiger partial charge in [-0.1, -0.05) is 20.8 Å². The molecule has 0 N–H and O–H groups in total. The van der Waals surface area contributed by atoms with Crippen molar-refractivity contribution in [1.82, 2.24) is 4.31 Å². The zero-order chi connectivity index (χ0) is 15.8. The van der Waals surface area contributed by atoms with Gasteiger partial charge in [0.1, 0.15) is 5.82 Å². The molecule has 0 unspecified atom stereocenters. The van der Waals surface area contributed by atoms with E-state index in [4.69, 9.17) is 0 Å². The maximum Gasteiger partial charge on any atom is 0.243 e. The minimum absolute atomic E-state index is 0.0254. The lowest BCUT2D eigenvalue weighted by atomic mass is 9.76. The first kappa shape index (κ1) is 16.9. The molecule has 6 heteroatoms. The summed E-state index contributed by atoms with van der Waals surface area (Å²) in [5.74, 6) is -0.0359. The third-order valence-corrected chi connectivity index (χ3v) is 6.75. The van der Waals surface area contributed by atoms with E-state index in [1.54, 1.807) is 0 Å². The van der Waals surface area contributed by atoms with E-state index in [1.807, 2.05) is 0 Å². The lowest BCUT2D eigenvalue weighted by Gasteiger charge is -2.38. The molecule has 2 rings (SSSR count). The fraction of sp³-hybridized carbons (Fsp3) is 0.600. The molecule has 1 fully saturated rings. The molecule has 0 bridgehead atoms. The van der Waals surface area contributed by atoms with Crippen molar-refractivity contribution in [3.05, 3.63) is 28.5 Å². The average Bonchev–Trinajstić information content (AvgIpc) is 2.41. The van der Waals surface area contributed by atoms with Crippen LogP contribution in [0.3, 0.4) is 0 Å². The van der Waals surface area contributed by atoms with Gasteiger partial charge < -0.3 is 0 Å². The van der Waals surface area contributed by atoms with Gasteiger partial charge in [-0.05, 0) is 58.3 Å². The molecule has 0 aliphatic carbocycles. The summed E-state index contributed by atoms with van der Waals surface area (Å²) < 4.78 is 40.4. The molecule has 0 radical (unpaired) electrons. The molecule has 1 saturated heterocycles. The standard InChI is InChI=1S/C15H21BrFNO2S/c1-15(2,3)11-6-8-18(9-7-11)21(19,20)12-4-5-13(16)14(17)10-12/h4-5,10-11H,6-9H2,1-3H3. The highest BCUT2D eigenvalue weighted by atomic mass is 79.9. The van der Waals surface area contributed by atoms with Crippen LogP contribution in [0.1, 0.15) is 33.6 Å². The second-order valence-electron chi connectivity index (χ2n) is 6.62. The van der Waals surface area contributed by atoms with Crippen molar-refractivity contribution in [2.45, 2.75) is 38.5 Å². The number of hydrogen-bond donors (Lipinski definition) is 0. The van der Waals surface area contributed by atoms with Gasteiger partial charge >= 0.3 is 0 Å². The van der Waals surface area contributed by atoms with Crippen molar-refractivity contribution in [1.29, 1.82) is 0 Å². The van der Waals surface area contributed by atoms with Crippen LogP contribution in [0.4, 0.5) is 4.39 Å². The molecule has 0 amide bonds. The summed E-state index contributed by atoms with van der Waals surface area (Å²) in [5.41, 5.74) is 0.194. The number of benzene rings is 1. The maximum absolute atomic E-state index is 13.6. The van der Waals surface area contributed by atoms with E-state index in [2.05, 4.69) is 36.7 Å². The molecule has 1 aliphatic heterocycles. The van der Waals surface area contributed by atoms with E-state index in [1.165, 1.54) is 16.4 Å². The Morgan fingerprint density at radius 2 is 1.81 bits per heavy atom. The number of rotatable bonds is 2. The minimum Gasteiger partial charge on any atom is -0.207 e. The van der Waals surface area contributed by atoms with E-state index >= 15 is 0 Å². The van der Waals surface area contributed by atoms with Crippen LogP contribution in [-0.4, -0.2) is 25.8 Å². The summed E-state index contributed by atoms with van der Waals surface area (Å²) in [6.45, 7) is 7.56. The Morgan fingerprint density at radius 1 is 1.24 bits per heavy atom. The van der Waals surface area contributed by atoms with Gasteiger partial charge in [0.15, 0.2) is 0 Å². The molecule has 3 nitrogen and oxygen atoms in total. The Bertz CT molecular complexity index is 617. The monoisotopic (exact) mass is 377 g/mol. The normalized spacial score (nSPS) is 18.9. The summed E-state index contributed by atoms with van der Waals surface area (Å²) in [6.07, 6.45) is 1.70. The predicted octanol–water partition coefficient (Wildman–Crippen LogP) is 4.04. The highest BCUT2D eigenvalue weighted by molar-refractivity contribution is 9.10. The van der Waals surface area contributed by atoms with Crippen molar-refractivity contribution < 1.29 is 12.8 Å². The van der Waals surface area contributed by atoms with Crippen LogP contribution in [0, 0.1) is 17.2 Å². The summed E-state index contributed by atoms with van der Waals surface area (Å²) in [7, 11) is -3.60. The Balaban J connectivity index is 2.17. The molecule has 0 saturated carbocycles. The topological polar surface area (TPSA) is 37.4 Å². The van der Waals surface area contributed by atoms with Gasteiger partial charge in [-0.15, -0.1) is 0 Å². The van der Waals surface area contributed by atoms with Crippen LogP contribution in [0.5, 0.6) is 0 Å². The zero-order valence-electron chi connectivity index (χ0n) is 12.6. The quantitative estimate of drug-likeness (QED) is 0.779. The Kier molecular flexibility index (Phi) is 4.81. The number of sulfonamides is 1. The highest BCUT2D eigenvalue weighted by Crippen LogP contribution is 2.35. The predicted molar refractivity (Wildman–Crippen MR) is 85.0 cm³/mol. The molecule has 1 aliphatic rings. The Hall–Kier alpha value is -0.460. The maximum atomic E-state index is 13.6. The third kappa shape index (κ3) is 3.66. The van der Waals surface area contributed by atoms with E-state index in [0.29, 0.717) is 19.0 Å². The van der Waals surface area contributed by atoms with Crippen LogP contribution >= 0.6 is 15.9 Å². The van der Waals surface area contributed by atoms with Crippen LogP contribution in [-0.2, 0) is 10.0 Å². The summed E-state index contributed by atoms with van der Waals surface area (Å²) >= 11 is 3.04. The van der Waals surface area contributed by atoms with E-state index < -0.39 is 15.8 Å². The molecule has 0 spiro atoms. The molecular weight excluding hydrogens is 357 g/mol. The van der Waals surface area contributed by atoms with E-state index in [-0.39, 0.29) is 14.8 Å². The van der Waals surface area contributed by atoms with Gasteiger partial charge in [-0.25, -0.2) is 12.8 Å². The fourth-order valence-corrected chi connectivity index (χ4v) is 4.48. The molecule has 1 heterocycles. The smallest absolute Gasteiger partial charge is 0.207 e. The molecule has 1 aromatic carbocycles. The zero-order valence-corrected chi connectivity index (χ0v) is 15.0. The molecule has 0 aromatic heterocycles. The van der Waals surface area contributed by atoms with E-state index in [9.17, 15) is 12.8 Å². The van der Waals surface area contributed by atoms with Crippen molar-refractivity contribution in [3.63, 3.8) is 0 Å². The molecule has 118 valence electrons. The Morgan fingerprint density at radius 3 is 2.29 bits per heavy atom. The van der Waals surface area contributed by atoms with Crippen molar-refractivity contribution in [3.8, 4) is 0 Å². The molecule has 1 aromatic rings. The lowest BCUT2D eigenvalue weighted by Crippen LogP contribution is -2.41. The summed E-state index contributed by atoms with van der Waals surface area (Å²) in [6, 6.07) is 3.96. The summed E-state index contributed by atoms with van der Waals surface area (Å²) in [4.78, 5) is 0.0254. The molecular formula is C15H21BrFNO2S. The van der Waals surface area contributed by atoms with Crippen molar-refractivity contribution in [2.75, 3.05) is 13.1 Å². The Labute approximate surface area is 134 Å². The first-order chi connectivity index (χ1) is 9.62. The van der Waals surface area contributed by atoms with Gasteiger partial charge in [0.05, 0.1) is 9.37 Å². The second-order valence-corrected chi connectivity index (χ2v) is 9.41. The number of hydrogen-bond acceptors (Lipinski definition) is 2. The SMILES string of the molecule is CC(C)(C)C1CCN(S(=O)(=O)c2ccc(Br)c(F)c2)CC1. The van der Waals surface area contributed by atoms with Crippen LogP contribution in [0.2, 0.25) is 0 Å². The van der Waals surface area contributed by atoms with Crippen molar-refractivity contribution in [2.24, 2.45) is 11.3 Å². The fourth-order valence-electron chi connectivity index (χ4n) is 2.75. The van der Waals surface area contributed by atoms with Gasteiger partial charge in [0.2, 0.25) is 10.0 Å². The first-order valence-electron chi connectivity index (χ1n) is 7.07. The largest absolute Gasteiger partial charge is 0.243 e. The van der Waals surface area contributed by atoms with Gasteiger partial charge in [0, 0.05) is 13.1 Å². The van der Waals surface area contributed by atoms with Crippen LogP contribution < -0.4 is 0 Å². The van der Waals surface area contributed by atoms with Crippen LogP contribution in [0.25, 0.3) is 0 Å². The second kappa shape index (κ2) is 5.97. The van der Waals surface area contributed by atoms with Gasteiger partial charge in [-0.2, -0.15) is 4.31 Å². The molecule has 21 heavy (non-hydrogen) atoms. The lowest BCUT2D eigenvalue weighted by molar-refractivity contribution is 0.154. The van der Waals surface area contributed by atoms with Crippen molar-refractivity contribution >= 4 is 26.0 Å². The number of halogens is 2. The number of nitrogens with zero attached hydrogens (tertiary/aromatic N) is 1. The summed E-state index contributed by atoms with van der Waals surface area (Å²) in [5, 5.41) is 0. The van der Waals surface area contributed by atoms with Gasteiger partial charge in [0.25, 0.3) is 0 Å². The average molecular weight is 378 g/mol. The molecule has 0 atom stereocenters. The van der Waals surface area contributed by atoms with Crippen LogP contribution in [0.15, 0.2) is 27.6 Å². The highest BCUT2D eigenvalue weighted by Gasteiger charge is 2.34. The van der Waals surface area contributed by atoms with Gasteiger partial charge in [-0.3, -0.25) is 0 Å². The third-order valence-electron chi connectivity index (χ3n) is 4.21. The number of piperidine rings is 1. The van der Waals surface area contributed by atoms with E-state index in [0.717, 1.165) is 18.9 Å².